The molecule has 2 fully saturated rings. The Morgan fingerprint density at radius 2 is 1.64 bits per heavy atom. The Morgan fingerprint density at radius 3 is 2.28 bits per heavy atom. The van der Waals surface area contributed by atoms with E-state index in [0.717, 1.165) is 17.9 Å². The van der Waals surface area contributed by atoms with Gasteiger partial charge in [0, 0.05) is 25.3 Å². The van der Waals surface area contributed by atoms with E-state index >= 15 is 0 Å². The predicted molar refractivity (Wildman–Crippen MR) is 146 cm³/mol. The number of pyridine rings is 1. The first-order chi connectivity index (χ1) is 18.7. The number of nitrogens with zero attached hydrogens (tertiary/aromatic N) is 5. The SMILES string of the molecule is CC(C)(C)OC(=O)N1C[C@H]2C[C@@H]1CN2c1ccnc2c(C(N)=O)n(-c3ccc(Oc4ccccc4)cc3)nc12. The van der Waals surface area contributed by atoms with Gasteiger partial charge in [0.2, 0.25) is 0 Å². The number of hydrogen-bond donors (Lipinski definition) is 1. The van der Waals surface area contributed by atoms with Crippen LogP contribution in [0.4, 0.5) is 10.5 Å². The van der Waals surface area contributed by atoms with Crippen molar-refractivity contribution in [2.75, 3.05) is 18.0 Å². The van der Waals surface area contributed by atoms with Gasteiger partial charge in [-0.15, -0.1) is 0 Å². The zero-order valence-corrected chi connectivity index (χ0v) is 22.1. The minimum Gasteiger partial charge on any atom is -0.457 e. The molecule has 0 spiro atoms. The molecule has 6 rings (SSSR count). The van der Waals surface area contributed by atoms with Gasteiger partial charge < -0.3 is 25.0 Å². The van der Waals surface area contributed by atoms with Crippen molar-refractivity contribution in [3.8, 4) is 17.2 Å². The third-order valence-corrected chi connectivity index (χ3v) is 7.01. The second-order valence-electron chi connectivity index (χ2n) is 10.9. The van der Waals surface area contributed by atoms with E-state index in [-0.39, 0.29) is 23.9 Å². The Hall–Kier alpha value is -4.60. The molecule has 4 aromatic rings. The van der Waals surface area contributed by atoms with Crippen LogP contribution in [0.2, 0.25) is 0 Å². The van der Waals surface area contributed by atoms with E-state index in [1.165, 1.54) is 4.68 Å². The molecule has 0 radical (unpaired) electrons. The molecule has 2 amide bonds. The lowest BCUT2D eigenvalue weighted by atomic mass is 10.2. The minimum absolute atomic E-state index is 0.0444. The van der Waals surface area contributed by atoms with Gasteiger partial charge >= 0.3 is 6.09 Å². The topological polar surface area (TPSA) is 116 Å². The molecule has 2 aromatic heterocycles. The Labute approximate surface area is 225 Å². The zero-order valence-electron chi connectivity index (χ0n) is 22.1. The summed E-state index contributed by atoms with van der Waals surface area (Å²) in [5.74, 6) is 0.765. The largest absolute Gasteiger partial charge is 0.457 e. The molecular weight excluding hydrogens is 496 g/mol. The highest BCUT2D eigenvalue weighted by Crippen LogP contribution is 2.38. The highest BCUT2D eigenvalue weighted by Gasteiger charge is 2.47. The van der Waals surface area contributed by atoms with Gasteiger partial charge in [0.25, 0.3) is 5.91 Å². The van der Waals surface area contributed by atoms with Crippen LogP contribution in [-0.4, -0.2) is 62.4 Å². The van der Waals surface area contributed by atoms with Crippen LogP contribution in [0.5, 0.6) is 11.5 Å². The maximum absolute atomic E-state index is 12.7. The fraction of sp³-hybridized carbons (Fsp3) is 0.310. The number of fused-ring (bicyclic) bond motifs is 3. The summed E-state index contributed by atoms with van der Waals surface area (Å²) in [5.41, 5.74) is 8.05. The number of carbonyl (C=O) groups is 2. The number of piperazine rings is 1. The van der Waals surface area contributed by atoms with Crippen LogP contribution in [0.1, 0.15) is 37.7 Å². The van der Waals surface area contributed by atoms with Crippen molar-refractivity contribution in [3.63, 3.8) is 0 Å². The van der Waals surface area contributed by atoms with Crippen molar-refractivity contribution in [3.05, 3.63) is 72.6 Å². The second kappa shape index (κ2) is 9.30. The second-order valence-corrected chi connectivity index (χ2v) is 10.9. The number of primary amides is 1. The van der Waals surface area contributed by atoms with E-state index in [0.29, 0.717) is 35.6 Å². The van der Waals surface area contributed by atoms with Gasteiger partial charge in [-0.3, -0.25) is 9.78 Å². The monoisotopic (exact) mass is 526 g/mol. The fourth-order valence-electron chi connectivity index (χ4n) is 5.39. The number of likely N-dealkylation sites (tertiary alicyclic amines) is 1. The lowest BCUT2D eigenvalue weighted by Gasteiger charge is -2.36. The molecule has 10 nitrogen and oxygen atoms in total. The highest BCUT2D eigenvalue weighted by molar-refractivity contribution is 6.06. The van der Waals surface area contributed by atoms with E-state index in [1.54, 1.807) is 6.20 Å². The van der Waals surface area contributed by atoms with Crippen LogP contribution < -0.4 is 15.4 Å². The van der Waals surface area contributed by atoms with Crippen LogP contribution in [0.3, 0.4) is 0 Å². The molecule has 39 heavy (non-hydrogen) atoms. The van der Waals surface area contributed by atoms with Gasteiger partial charge in [-0.1, -0.05) is 18.2 Å². The van der Waals surface area contributed by atoms with Crippen molar-refractivity contribution < 1.29 is 19.1 Å². The number of amides is 2. The first kappa shape index (κ1) is 24.7. The van der Waals surface area contributed by atoms with Crippen molar-refractivity contribution >= 4 is 28.7 Å². The molecule has 2 saturated heterocycles. The number of nitrogens with two attached hydrogens (primary N) is 1. The first-order valence-corrected chi connectivity index (χ1v) is 12.9. The summed E-state index contributed by atoms with van der Waals surface area (Å²) in [6.45, 7) is 6.82. The van der Waals surface area contributed by atoms with E-state index in [1.807, 2.05) is 86.3 Å². The van der Waals surface area contributed by atoms with E-state index < -0.39 is 11.5 Å². The smallest absolute Gasteiger partial charge is 0.410 e. The maximum Gasteiger partial charge on any atom is 0.410 e. The van der Waals surface area contributed by atoms with Gasteiger partial charge in [-0.2, -0.15) is 5.10 Å². The molecule has 0 aliphatic carbocycles. The van der Waals surface area contributed by atoms with Crippen LogP contribution in [0.25, 0.3) is 16.7 Å². The van der Waals surface area contributed by atoms with Crippen molar-refractivity contribution in [1.82, 2.24) is 19.7 Å². The van der Waals surface area contributed by atoms with Gasteiger partial charge in [0.1, 0.15) is 28.1 Å². The molecule has 4 heterocycles. The summed E-state index contributed by atoms with van der Waals surface area (Å²) in [4.78, 5) is 33.8. The minimum atomic E-state index is -0.620. The molecule has 2 aliphatic heterocycles. The van der Waals surface area contributed by atoms with Crippen LogP contribution in [-0.2, 0) is 4.74 Å². The highest BCUT2D eigenvalue weighted by atomic mass is 16.6. The zero-order chi connectivity index (χ0) is 27.3. The number of rotatable bonds is 5. The Bertz CT molecular complexity index is 1540. The van der Waals surface area contributed by atoms with E-state index in [4.69, 9.17) is 20.3 Å². The summed E-state index contributed by atoms with van der Waals surface area (Å²) >= 11 is 0. The molecule has 10 heteroatoms. The third kappa shape index (κ3) is 4.62. The van der Waals surface area contributed by atoms with Crippen LogP contribution >= 0.6 is 0 Å². The first-order valence-electron chi connectivity index (χ1n) is 12.9. The number of aromatic nitrogens is 3. The number of carbonyl (C=O) groups excluding carboxylic acids is 2. The normalized spacial score (nSPS) is 18.5. The van der Waals surface area contributed by atoms with Crippen molar-refractivity contribution in [1.29, 1.82) is 0 Å². The van der Waals surface area contributed by atoms with Crippen LogP contribution in [0, 0.1) is 0 Å². The predicted octanol–water partition coefficient (Wildman–Crippen LogP) is 4.51. The van der Waals surface area contributed by atoms with E-state index in [9.17, 15) is 9.59 Å². The average molecular weight is 527 g/mol. The van der Waals surface area contributed by atoms with Crippen molar-refractivity contribution in [2.45, 2.75) is 44.9 Å². The summed E-state index contributed by atoms with van der Waals surface area (Å²) < 4.78 is 13.0. The Balaban J connectivity index is 1.30. The number of hydrogen-bond acceptors (Lipinski definition) is 7. The standard InChI is InChI=1S/C29H30N6O4/c1-29(2,3)39-28(37)34-17-19-15-20(34)16-33(19)23-13-14-31-25-24(23)32-35(26(25)27(30)36)18-9-11-22(12-10-18)38-21-7-5-4-6-8-21/h4-14,19-20H,15-17H2,1-3H3,(H2,30,36)/t19-,20-/m1/s1. The lowest BCUT2D eigenvalue weighted by molar-refractivity contribution is 0.0214. The van der Waals surface area contributed by atoms with Gasteiger partial charge in [-0.25, -0.2) is 9.48 Å². The maximum atomic E-state index is 12.7. The number of ether oxygens (including phenoxy) is 2. The number of benzene rings is 2. The molecule has 2 aromatic carbocycles. The lowest BCUT2D eigenvalue weighted by Crippen LogP contribution is -2.50. The van der Waals surface area contributed by atoms with Crippen LogP contribution in [0.15, 0.2) is 66.9 Å². The molecule has 0 unspecified atom stereocenters. The summed E-state index contributed by atoms with van der Waals surface area (Å²) in [6.07, 6.45) is 2.23. The van der Waals surface area contributed by atoms with E-state index in [2.05, 4.69) is 9.88 Å². The molecule has 200 valence electrons. The summed E-state index contributed by atoms with van der Waals surface area (Å²) in [7, 11) is 0. The molecule has 2 bridgehead atoms. The number of para-hydroxylation sites is 1. The fourth-order valence-corrected chi connectivity index (χ4v) is 5.39. The summed E-state index contributed by atoms with van der Waals surface area (Å²) in [5, 5.41) is 4.81. The molecular formula is C29H30N6O4. The van der Waals surface area contributed by atoms with Gasteiger partial charge in [0.05, 0.1) is 17.4 Å². The molecule has 0 saturated carbocycles. The Morgan fingerprint density at radius 1 is 0.923 bits per heavy atom. The van der Waals surface area contributed by atoms with Gasteiger partial charge in [-0.05, 0) is 69.7 Å². The molecule has 2 atom stereocenters. The number of anilines is 1. The quantitative estimate of drug-likeness (QED) is 0.407. The molecule has 2 aliphatic rings. The summed E-state index contributed by atoms with van der Waals surface area (Å²) in [6, 6.07) is 18.8. The average Bonchev–Trinajstić information content (AvgIpc) is 3.61. The molecule has 2 N–H and O–H groups in total. The van der Waals surface area contributed by atoms with Crippen molar-refractivity contribution in [2.24, 2.45) is 5.73 Å². The Kier molecular flexibility index (Phi) is 5.90. The van der Waals surface area contributed by atoms with Gasteiger partial charge in [0.15, 0.2) is 5.69 Å². The third-order valence-electron chi connectivity index (χ3n) is 7.01.